The van der Waals surface area contributed by atoms with Crippen LogP contribution in [-0.2, 0) is 26.7 Å². The third-order valence-electron chi connectivity index (χ3n) is 7.14. The van der Waals surface area contributed by atoms with Gasteiger partial charge in [0, 0.05) is 42.0 Å². The average molecular weight is 648 g/mol. The smallest absolute Gasteiger partial charge is 0.294 e. The summed E-state index contributed by atoms with van der Waals surface area (Å²) < 4.78 is 72.8. The van der Waals surface area contributed by atoms with Crippen LogP contribution < -0.4 is 5.32 Å². The number of nitrogens with one attached hydrogen (secondary N) is 1. The highest BCUT2D eigenvalue weighted by molar-refractivity contribution is 7.85. The van der Waals surface area contributed by atoms with E-state index in [1.54, 1.807) is 51.3 Å². The zero-order valence-electron chi connectivity index (χ0n) is 25.0. The molecule has 3 heterocycles. The van der Waals surface area contributed by atoms with Crippen LogP contribution in [-0.4, -0.2) is 66.9 Å². The van der Waals surface area contributed by atoms with Crippen LogP contribution in [0.4, 0.5) is 14.7 Å². The van der Waals surface area contributed by atoms with Crippen molar-refractivity contribution in [1.29, 1.82) is 0 Å². The molecule has 0 saturated carbocycles. The van der Waals surface area contributed by atoms with E-state index in [1.165, 1.54) is 18.2 Å². The predicted octanol–water partition coefficient (Wildman–Crippen LogP) is 4.92. The van der Waals surface area contributed by atoms with Crippen LogP contribution in [0, 0.1) is 25.5 Å². The Morgan fingerprint density at radius 2 is 1.66 bits per heavy atom. The monoisotopic (exact) mass is 647 g/mol. The van der Waals surface area contributed by atoms with E-state index in [9.17, 15) is 22.1 Å². The third kappa shape index (κ3) is 8.18. The van der Waals surface area contributed by atoms with E-state index >= 15 is 4.39 Å². The molecule has 1 aliphatic rings. The first-order valence-electron chi connectivity index (χ1n) is 13.8. The molecule has 1 fully saturated rings. The van der Waals surface area contributed by atoms with Gasteiger partial charge in [0.25, 0.3) is 10.1 Å². The number of aliphatic hydroxyl groups is 1. The van der Waals surface area contributed by atoms with Crippen molar-refractivity contribution in [2.24, 2.45) is 0 Å². The van der Waals surface area contributed by atoms with Crippen molar-refractivity contribution < 1.29 is 31.1 Å². The van der Waals surface area contributed by atoms with Gasteiger partial charge < -0.3 is 10.4 Å². The molecule has 4 aromatic rings. The van der Waals surface area contributed by atoms with E-state index in [4.69, 9.17) is 4.55 Å². The number of anilines is 1. The lowest BCUT2D eigenvalue weighted by Crippen LogP contribution is -2.39. The number of aryl methyl sites for hydroxylation is 2. The first kappa shape index (κ1) is 33.5. The highest BCUT2D eigenvalue weighted by Gasteiger charge is 2.24. The summed E-state index contributed by atoms with van der Waals surface area (Å²) in [6, 6.07) is 10.5. The van der Waals surface area contributed by atoms with E-state index < -0.39 is 38.3 Å². The number of fused-ring (bicyclic) bond motifs is 1. The summed E-state index contributed by atoms with van der Waals surface area (Å²) in [7, 11) is -5.02. The maximum absolute atomic E-state index is 15.0. The molecule has 0 spiro atoms. The second-order valence-electron chi connectivity index (χ2n) is 11.2. The number of pyridine rings is 1. The van der Waals surface area contributed by atoms with Gasteiger partial charge in [-0.15, -0.1) is 0 Å². The van der Waals surface area contributed by atoms with E-state index in [-0.39, 0.29) is 33.7 Å². The van der Waals surface area contributed by atoms with Crippen LogP contribution in [0.15, 0.2) is 53.6 Å². The summed E-state index contributed by atoms with van der Waals surface area (Å²) in [6.45, 7) is 8.14. The van der Waals surface area contributed by atoms with Crippen molar-refractivity contribution >= 4 is 38.0 Å². The number of hydrogen-bond acceptors (Lipinski definition) is 8. The fraction of sp³-hybridized carbons (Fsp3) is 0.367. The molecule has 0 bridgehead atoms. The molecule has 1 unspecified atom stereocenters. The molecule has 0 amide bonds. The Morgan fingerprint density at radius 3 is 2.23 bits per heavy atom. The topological polar surface area (TPSA) is 146 Å². The van der Waals surface area contributed by atoms with Crippen LogP contribution in [0.1, 0.15) is 43.5 Å². The molecule has 1 saturated heterocycles. The molecule has 10 nitrogen and oxygen atoms in total. The molecular formula is C30H35F2N5O5S2. The Bertz CT molecular complexity index is 1790. The fourth-order valence-corrected chi connectivity index (χ4v) is 6.05. The zero-order valence-corrected chi connectivity index (χ0v) is 26.6. The van der Waals surface area contributed by atoms with Crippen LogP contribution in [0.2, 0.25) is 0 Å². The molecule has 236 valence electrons. The first-order valence-corrected chi connectivity index (χ1v) is 16.7. The number of hydrogen-bond donors (Lipinski definition) is 3. The number of rotatable bonds is 6. The lowest BCUT2D eigenvalue weighted by molar-refractivity contribution is 0.0800. The molecular weight excluding hydrogens is 612 g/mol. The van der Waals surface area contributed by atoms with Gasteiger partial charge in [-0.3, -0.25) is 9.54 Å². The quantitative estimate of drug-likeness (QED) is 0.248. The van der Waals surface area contributed by atoms with Crippen molar-refractivity contribution in [3.63, 3.8) is 0 Å². The van der Waals surface area contributed by atoms with Crippen molar-refractivity contribution in [1.82, 2.24) is 19.3 Å². The summed E-state index contributed by atoms with van der Waals surface area (Å²) in [5.74, 6) is -1.06. The summed E-state index contributed by atoms with van der Waals surface area (Å²) in [5, 5.41) is 14.2. The van der Waals surface area contributed by atoms with Crippen molar-refractivity contribution in [2.45, 2.75) is 57.1 Å². The highest BCUT2D eigenvalue weighted by atomic mass is 32.2. The van der Waals surface area contributed by atoms with Crippen molar-refractivity contribution in [2.75, 3.05) is 24.7 Å². The summed E-state index contributed by atoms with van der Waals surface area (Å²) >= 11 is 0. The highest BCUT2D eigenvalue weighted by Crippen LogP contribution is 2.34. The molecule has 1 aliphatic heterocycles. The molecule has 0 aliphatic carbocycles. The summed E-state index contributed by atoms with van der Waals surface area (Å²) in [5.41, 5.74) is 1.09. The summed E-state index contributed by atoms with van der Waals surface area (Å²) in [4.78, 5) is 12.6. The normalized spacial score (nSPS) is 15.5. The molecule has 44 heavy (non-hydrogen) atoms. The Morgan fingerprint density at radius 1 is 1.02 bits per heavy atom. The number of halogens is 2. The van der Waals surface area contributed by atoms with Crippen LogP contribution in [0.3, 0.4) is 0 Å². The second kappa shape index (κ2) is 13.3. The molecule has 5 rings (SSSR count). The number of benzene rings is 2. The maximum atomic E-state index is 15.0. The SMILES string of the molecule is Cc1cc(C(C)(C)O)c2cc(-c3nc(NC4CCN(S(C)=O)CC4)ncc3F)cc(F)c2n1.Cc1ccc(S(=O)(=O)O)cc1. The van der Waals surface area contributed by atoms with Gasteiger partial charge >= 0.3 is 0 Å². The van der Waals surface area contributed by atoms with E-state index in [0.717, 1.165) is 24.6 Å². The van der Waals surface area contributed by atoms with Crippen molar-refractivity contribution in [3.05, 3.63) is 77.1 Å². The fourth-order valence-electron chi connectivity index (χ4n) is 4.85. The molecule has 2 aromatic carbocycles. The minimum absolute atomic E-state index is 0.0392. The molecule has 14 heteroatoms. The van der Waals surface area contributed by atoms with E-state index in [2.05, 4.69) is 20.3 Å². The van der Waals surface area contributed by atoms with Gasteiger partial charge in [0.05, 0.1) is 27.7 Å². The van der Waals surface area contributed by atoms with E-state index in [0.29, 0.717) is 29.7 Å². The molecule has 0 radical (unpaired) electrons. The molecule has 2 aromatic heterocycles. The molecule has 1 atom stereocenters. The third-order valence-corrected chi connectivity index (χ3v) is 9.10. The lowest BCUT2D eigenvalue weighted by atomic mass is 9.92. The van der Waals surface area contributed by atoms with Gasteiger partial charge in [-0.2, -0.15) is 8.42 Å². The van der Waals surface area contributed by atoms with Gasteiger partial charge in [0.1, 0.15) is 17.0 Å². The molecule has 3 N–H and O–H groups in total. The summed E-state index contributed by atoms with van der Waals surface area (Å²) in [6.07, 6.45) is 4.22. The average Bonchev–Trinajstić information content (AvgIpc) is 2.94. The van der Waals surface area contributed by atoms with Gasteiger partial charge in [0.2, 0.25) is 5.95 Å². The number of nitrogens with zero attached hydrogens (tertiary/aromatic N) is 4. The zero-order chi connectivity index (χ0) is 32.4. The van der Waals surface area contributed by atoms with Crippen LogP contribution in [0.5, 0.6) is 0 Å². The Balaban J connectivity index is 0.000000339. The van der Waals surface area contributed by atoms with Crippen molar-refractivity contribution in [3.8, 4) is 11.3 Å². The Kier molecular flexibility index (Phi) is 10.1. The first-order chi connectivity index (χ1) is 20.5. The lowest BCUT2D eigenvalue weighted by Gasteiger charge is -2.30. The number of aromatic nitrogens is 3. The standard InChI is InChI=1S/C23H27F2N5O2S.C7H8O3S/c1-13-9-17(23(2,3)31)16-10-14(11-18(24)21(16)27-13)20-19(25)12-26-22(29-20)28-15-5-7-30(8-6-15)33(4)32;1-6-2-4-7(5-3-6)11(8,9)10/h9-12,15,31H,5-8H2,1-4H3,(H,26,28,29);2-5H,1H3,(H,8,9,10). The van der Waals surface area contributed by atoms with Gasteiger partial charge in [0.15, 0.2) is 5.82 Å². The van der Waals surface area contributed by atoms with Gasteiger partial charge in [-0.25, -0.2) is 27.3 Å². The Labute approximate surface area is 257 Å². The maximum Gasteiger partial charge on any atom is 0.294 e. The minimum Gasteiger partial charge on any atom is -0.386 e. The van der Waals surface area contributed by atoms with Gasteiger partial charge in [-0.1, -0.05) is 17.7 Å². The predicted molar refractivity (Wildman–Crippen MR) is 166 cm³/mol. The van der Waals surface area contributed by atoms with Crippen LogP contribution >= 0.6 is 0 Å². The largest absolute Gasteiger partial charge is 0.386 e. The van der Waals surface area contributed by atoms with E-state index in [1.807, 2.05) is 11.2 Å². The number of piperidine rings is 1. The van der Waals surface area contributed by atoms with Gasteiger partial charge in [-0.05, 0) is 76.4 Å². The van der Waals surface area contributed by atoms with Crippen LogP contribution in [0.25, 0.3) is 22.2 Å². The second-order valence-corrected chi connectivity index (χ2v) is 14.0. The minimum atomic E-state index is -4.02. The Hall–Kier alpha value is -3.43.